The Morgan fingerprint density at radius 2 is 1.94 bits per heavy atom. The van der Waals surface area contributed by atoms with Gasteiger partial charge in [-0.1, -0.05) is 31.0 Å². The maximum absolute atomic E-state index is 14.6. The fourth-order valence-electron chi connectivity index (χ4n) is 5.34. The summed E-state index contributed by atoms with van der Waals surface area (Å²) in [6.45, 7) is -0.0647. The Morgan fingerprint density at radius 1 is 1.18 bits per heavy atom. The second kappa shape index (κ2) is 8.50. The van der Waals surface area contributed by atoms with Gasteiger partial charge in [-0.2, -0.15) is 5.10 Å². The summed E-state index contributed by atoms with van der Waals surface area (Å²) in [5, 5.41) is 10.6. The molecule has 1 aromatic heterocycles. The maximum Gasteiger partial charge on any atom is 0.247 e. The van der Waals surface area contributed by atoms with Crippen LogP contribution in [0.25, 0.3) is 10.9 Å². The van der Waals surface area contributed by atoms with E-state index >= 15 is 0 Å². The Labute approximate surface area is 191 Å². The molecule has 1 aliphatic heterocycles. The van der Waals surface area contributed by atoms with Gasteiger partial charge >= 0.3 is 0 Å². The third kappa shape index (κ3) is 3.73. The number of benzene rings is 2. The number of halogens is 1. The number of aromatic amines is 1. The largest absolute Gasteiger partial charge is 0.497 e. The van der Waals surface area contributed by atoms with Crippen molar-refractivity contribution in [1.82, 2.24) is 15.1 Å². The second-order valence-corrected chi connectivity index (χ2v) is 8.95. The van der Waals surface area contributed by atoms with Crippen LogP contribution in [0.1, 0.15) is 37.7 Å². The normalized spacial score (nSPS) is 21.9. The summed E-state index contributed by atoms with van der Waals surface area (Å²) in [6, 6.07) is 12.1. The van der Waals surface area contributed by atoms with Crippen LogP contribution in [0.5, 0.6) is 5.75 Å². The van der Waals surface area contributed by atoms with E-state index in [1.165, 1.54) is 4.90 Å². The van der Waals surface area contributed by atoms with Crippen LogP contribution in [-0.2, 0) is 15.0 Å². The highest BCUT2D eigenvalue weighted by Gasteiger charge is 2.50. The third-order valence-corrected chi connectivity index (χ3v) is 7.07. The van der Waals surface area contributed by atoms with E-state index in [0.29, 0.717) is 18.5 Å². The third-order valence-electron chi connectivity index (χ3n) is 7.07. The number of hydrogen-bond acceptors (Lipinski definition) is 4. The van der Waals surface area contributed by atoms with Gasteiger partial charge in [0.05, 0.1) is 36.5 Å². The van der Waals surface area contributed by atoms with Crippen LogP contribution in [-0.4, -0.2) is 52.8 Å². The minimum atomic E-state index is -1.23. The molecule has 7 nitrogen and oxygen atoms in total. The van der Waals surface area contributed by atoms with Crippen molar-refractivity contribution in [2.75, 3.05) is 19.0 Å². The van der Waals surface area contributed by atoms with Gasteiger partial charge in [0, 0.05) is 11.8 Å². The SMILES string of the molecule is COc1ccc(C2(C(=O)N3C[C@@H](F)C[C@@H]3C(=O)Nc3cccc4[nH]ncc34)CCCC2)cc1. The minimum Gasteiger partial charge on any atom is -0.497 e. The zero-order chi connectivity index (χ0) is 23.0. The molecule has 2 heterocycles. The summed E-state index contributed by atoms with van der Waals surface area (Å²) in [5.74, 6) is 0.182. The van der Waals surface area contributed by atoms with Gasteiger partial charge in [0.15, 0.2) is 0 Å². The number of likely N-dealkylation sites (tertiary alicyclic amines) is 1. The van der Waals surface area contributed by atoms with Crippen molar-refractivity contribution in [3.8, 4) is 5.75 Å². The zero-order valence-electron chi connectivity index (χ0n) is 18.5. The predicted octanol–water partition coefficient (Wildman–Crippen LogP) is 3.96. The lowest BCUT2D eigenvalue weighted by atomic mass is 9.77. The zero-order valence-corrected chi connectivity index (χ0v) is 18.5. The van der Waals surface area contributed by atoms with E-state index in [-0.39, 0.29) is 24.8 Å². The van der Waals surface area contributed by atoms with E-state index in [1.54, 1.807) is 19.4 Å². The number of anilines is 1. The number of rotatable bonds is 5. The van der Waals surface area contributed by atoms with Crippen molar-refractivity contribution < 1.29 is 18.7 Å². The molecule has 0 spiro atoms. The Morgan fingerprint density at radius 3 is 2.67 bits per heavy atom. The number of aromatic nitrogens is 2. The molecular formula is C25H27FN4O3. The van der Waals surface area contributed by atoms with Crippen LogP contribution in [0.15, 0.2) is 48.7 Å². The monoisotopic (exact) mass is 450 g/mol. The lowest BCUT2D eigenvalue weighted by molar-refractivity contribution is -0.141. The number of carbonyl (C=O) groups excluding carboxylic acids is 2. The molecule has 33 heavy (non-hydrogen) atoms. The standard InChI is InChI=1S/C25H27FN4O3/c1-33-18-9-7-16(8-10-18)25(11-2-3-12-25)24(32)30-15-17(26)13-22(30)23(31)28-20-5-4-6-21-19(20)14-27-29-21/h4-10,14,17,22H,2-3,11-13,15H2,1H3,(H,27,29)(H,28,31)/t17-,22+/m0/s1. The average molecular weight is 451 g/mol. The minimum absolute atomic E-state index is 0.00235. The molecule has 1 aliphatic carbocycles. The lowest BCUT2D eigenvalue weighted by Crippen LogP contribution is -2.51. The highest BCUT2D eigenvalue weighted by atomic mass is 19.1. The molecule has 0 radical (unpaired) electrons. The van der Waals surface area contributed by atoms with Crippen molar-refractivity contribution in [2.45, 2.75) is 49.7 Å². The summed E-state index contributed by atoms with van der Waals surface area (Å²) < 4.78 is 19.9. The average Bonchev–Trinajstić information content (AvgIpc) is 3.59. The molecule has 0 unspecified atom stereocenters. The number of alkyl halides is 1. The Hall–Kier alpha value is -3.42. The summed E-state index contributed by atoms with van der Waals surface area (Å²) in [5.41, 5.74) is 1.54. The molecule has 3 aromatic rings. The van der Waals surface area contributed by atoms with Crippen LogP contribution in [0, 0.1) is 0 Å². The second-order valence-electron chi connectivity index (χ2n) is 8.95. The molecular weight excluding hydrogens is 423 g/mol. The smallest absolute Gasteiger partial charge is 0.247 e. The van der Waals surface area contributed by atoms with Gasteiger partial charge in [0.25, 0.3) is 0 Å². The predicted molar refractivity (Wildman–Crippen MR) is 123 cm³/mol. The van der Waals surface area contributed by atoms with Gasteiger partial charge in [-0.05, 0) is 42.7 Å². The molecule has 2 aromatic carbocycles. The fourth-order valence-corrected chi connectivity index (χ4v) is 5.34. The lowest BCUT2D eigenvalue weighted by Gasteiger charge is -2.35. The molecule has 2 aliphatic rings. The quantitative estimate of drug-likeness (QED) is 0.616. The van der Waals surface area contributed by atoms with Crippen LogP contribution < -0.4 is 10.1 Å². The van der Waals surface area contributed by atoms with Crippen molar-refractivity contribution in [3.63, 3.8) is 0 Å². The number of hydrogen-bond donors (Lipinski definition) is 2. The van der Waals surface area contributed by atoms with Crippen LogP contribution in [0.4, 0.5) is 10.1 Å². The number of fused-ring (bicyclic) bond motifs is 1. The van der Waals surface area contributed by atoms with Gasteiger partial charge in [-0.15, -0.1) is 0 Å². The van der Waals surface area contributed by atoms with E-state index in [1.807, 2.05) is 36.4 Å². The molecule has 0 bridgehead atoms. The summed E-state index contributed by atoms with van der Waals surface area (Å²) in [4.78, 5) is 28.7. The number of methoxy groups -OCH3 is 1. The highest BCUT2D eigenvalue weighted by molar-refractivity contribution is 6.04. The first-order chi connectivity index (χ1) is 16.0. The van der Waals surface area contributed by atoms with E-state index in [2.05, 4.69) is 15.5 Å². The molecule has 1 saturated carbocycles. The summed E-state index contributed by atoms with van der Waals surface area (Å²) in [6.07, 6.45) is 3.62. The van der Waals surface area contributed by atoms with Gasteiger partial charge in [0.2, 0.25) is 11.8 Å². The molecule has 2 amide bonds. The van der Waals surface area contributed by atoms with Gasteiger partial charge in [0.1, 0.15) is 18.0 Å². The topological polar surface area (TPSA) is 87.3 Å². The Bertz CT molecular complexity index is 1170. The first kappa shape index (κ1) is 21.4. The summed E-state index contributed by atoms with van der Waals surface area (Å²) >= 11 is 0. The number of H-pyrrole nitrogens is 1. The van der Waals surface area contributed by atoms with Crippen LogP contribution in [0.2, 0.25) is 0 Å². The molecule has 1 saturated heterocycles. The first-order valence-electron chi connectivity index (χ1n) is 11.3. The van der Waals surface area contributed by atoms with E-state index in [0.717, 1.165) is 35.1 Å². The van der Waals surface area contributed by atoms with Crippen molar-refractivity contribution in [1.29, 1.82) is 0 Å². The number of carbonyl (C=O) groups is 2. The van der Waals surface area contributed by atoms with E-state index in [9.17, 15) is 14.0 Å². The van der Waals surface area contributed by atoms with Crippen molar-refractivity contribution in [2.24, 2.45) is 0 Å². The van der Waals surface area contributed by atoms with E-state index < -0.39 is 17.6 Å². The van der Waals surface area contributed by atoms with Crippen LogP contribution >= 0.6 is 0 Å². The fraction of sp³-hybridized carbons (Fsp3) is 0.400. The number of nitrogens with zero attached hydrogens (tertiary/aromatic N) is 2. The highest BCUT2D eigenvalue weighted by Crippen LogP contribution is 2.44. The molecule has 5 rings (SSSR count). The van der Waals surface area contributed by atoms with Crippen molar-refractivity contribution >= 4 is 28.4 Å². The maximum atomic E-state index is 14.6. The first-order valence-corrected chi connectivity index (χ1v) is 11.3. The summed E-state index contributed by atoms with van der Waals surface area (Å²) in [7, 11) is 1.60. The van der Waals surface area contributed by atoms with Gasteiger partial charge in [-0.3, -0.25) is 14.7 Å². The molecule has 2 atom stereocenters. The number of amides is 2. The van der Waals surface area contributed by atoms with Gasteiger partial charge in [-0.25, -0.2) is 4.39 Å². The number of nitrogens with one attached hydrogen (secondary N) is 2. The van der Waals surface area contributed by atoms with Gasteiger partial charge < -0.3 is 15.0 Å². The molecule has 8 heteroatoms. The number of ether oxygens (including phenoxy) is 1. The van der Waals surface area contributed by atoms with Crippen LogP contribution in [0.3, 0.4) is 0 Å². The Kier molecular flexibility index (Phi) is 5.52. The van der Waals surface area contributed by atoms with E-state index in [4.69, 9.17) is 4.74 Å². The Balaban J connectivity index is 1.43. The van der Waals surface area contributed by atoms with Crippen molar-refractivity contribution in [3.05, 3.63) is 54.2 Å². The molecule has 2 N–H and O–H groups in total. The molecule has 172 valence electrons. The molecule has 2 fully saturated rings.